The van der Waals surface area contributed by atoms with Crippen molar-refractivity contribution in [2.45, 2.75) is 37.4 Å². The quantitative estimate of drug-likeness (QED) is 0.706. The van der Waals surface area contributed by atoms with Gasteiger partial charge >= 0.3 is 6.18 Å². The first-order valence-corrected chi connectivity index (χ1v) is 8.54. The maximum Gasteiger partial charge on any atom is 0.417 e. The fraction of sp³-hybridized carbons (Fsp3) is 0.467. The zero-order valence-corrected chi connectivity index (χ0v) is 14.1. The van der Waals surface area contributed by atoms with E-state index in [0.717, 1.165) is 49.0 Å². The Morgan fingerprint density at radius 3 is 2.74 bits per heavy atom. The van der Waals surface area contributed by atoms with E-state index in [4.69, 9.17) is 11.6 Å². The van der Waals surface area contributed by atoms with Crippen LogP contribution in [0.2, 0.25) is 5.02 Å². The van der Waals surface area contributed by atoms with Crippen molar-refractivity contribution in [2.75, 3.05) is 12.3 Å². The fourth-order valence-electron chi connectivity index (χ4n) is 2.33. The normalized spacial score (nSPS) is 14.7. The third-order valence-electron chi connectivity index (χ3n) is 3.45. The van der Waals surface area contributed by atoms with Crippen molar-refractivity contribution in [3.8, 4) is 0 Å². The van der Waals surface area contributed by atoms with Crippen molar-refractivity contribution < 1.29 is 18.0 Å². The summed E-state index contributed by atoms with van der Waals surface area (Å²) < 4.78 is 37.7. The number of hydrogen-bond donors (Lipinski definition) is 0. The van der Waals surface area contributed by atoms with E-state index in [0.29, 0.717) is 6.54 Å². The molecule has 0 atom stereocenters. The molecule has 1 amide bonds. The summed E-state index contributed by atoms with van der Waals surface area (Å²) in [5.74, 6) is -0.00749. The molecule has 1 aromatic rings. The van der Waals surface area contributed by atoms with E-state index >= 15 is 0 Å². The molecule has 0 radical (unpaired) electrons. The summed E-state index contributed by atoms with van der Waals surface area (Å²) in [4.78, 5) is 17.7. The standard InChI is InChI=1S/C15H16ClF3N2OS/c1-2-21(11-5-3-4-6-11)13(22)9-23-14-12(16)7-10(8-20-14)15(17,18)19/h5,7-8H,2-4,6,9H2,1H3. The second kappa shape index (κ2) is 7.57. The van der Waals surface area contributed by atoms with Crippen LogP contribution >= 0.6 is 23.4 Å². The highest BCUT2D eigenvalue weighted by atomic mass is 35.5. The van der Waals surface area contributed by atoms with Gasteiger partial charge in [0.15, 0.2) is 0 Å². The number of alkyl halides is 3. The van der Waals surface area contributed by atoms with Gasteiger partial charge in [-0.15, -0.1) is 0 Å². The first-order chi connectivity index (χ1) is 10.8. The molecule has 1 aliphatic rings. The van der Waals surface area contributed by atoms with Crippen LogP contribution in [0.4, 0.5) is 13.2 Å². The highest BCUT2D eigenvalue weighted by molar-refractivity contribution is 8.00. The van der Waals surface area contributed by atoms with Crippen molar-refractivity contribution in [2.24, 2.45) is 0 Å². The smallest absolute Gasteiger partial charge is 0.316 e. The topological polar surface area (TPSA) is 33.2 Å². The molecule has 0 bridgehead atoms. The van der Waals surface area contributed by atoms with Crippen LogP contribution in [0.5, 0.6) is 0 Å². The Morgan fingerprint density at radius 1 is 1.48 bits per heavy atom. The molecule has 0 fully saturated rings. The predicted molar refractivity (Wildman–Crippen MR) is 84.3 cm³/mol. The van der Waals surface area contributed by atoms with Crippen LogP contribution in [0.15, 0.2) is 29.1 Å². The first-order valence-electron chi connectivity index (χ1n) is 7.18. The Kier molecular flexibility index (Phi) is 5.97. The fourth-order valence-corrected chi connectivity index (χ4v) is 3.40. The van der Waals surface area contributed by atoms with Gasteiger partial charge in [-0.05, 0) is 32.3 Å². The van der Waals surface area contributed by atoms with Crippen molar-refractivity contribution >= 4 is 29.3 Å². The first kappa shape index (κ1) is 18.1. The predicted octanol–water partition coefficient (Wildman–Crippen LogP) is 4.76. The number of hydrogen-bond acceptors (Lipinski definition) is 3. The minimum atomic E-state index is -4.48. The third kappa shape index (κ3) is 4.64. The molecule has 126 valence electrons. The second-order valence-corrected chi connectivity index (χ2v) is 6.39. The van der Waals surface area contributed by atoms with E-state index in [1.807, 2.05) is 6.92 Å². The van der Waals surface area contributed by atoms with Crippen molar-refractivity contribution in [1.82, 2.24) is 9.88 Å². The van der Waals surface area contributed by atoms with E-state index in [2.05, 4.69) is 11.1 Å². The van der Waals surface area contributed by atoms with Crippen molar-refractivity contribution in [3.05, 3.63) is 34.6 Å². The Balaban J connectivity index is 2.01. The number of thioether (sulfide) groups is 1. The van der Waals surface area contributed by atoms with Gasteiger partial charge in [-0.3, -0.25) is 4.79 Å². The number of carbonyl (C=O) groups is 1. The van der Waals surface area contributed by atoms with E-state index < -0.39 is 11.7 Å². The van der Waals surface area contributed by atoms with E-state index in [9.17, 15) is 18.0 Å². The number of halogens is 4. The molecule has 0 aliphatic heterocycles. The summed E-state index contributed by atoms with van der Waals surface area (Å²) in [5, 5.41) is 0.130. The number of allylic oxidation sites excluding steroid dienone is 2. The maximum absolute atomic E-state index is 12.6. The van der Waals surface area contributed by atoms with Crippen LogP contribution in [-0.2, 0) is 11.0 Å². The van der Waals surface area contributed by atoms with Crippen molar-refractivity contribution in [1.29, 1.82) is 0 Å². The Hall–Kier alpha value is -1.21. The lowest BCUT2D eigenvalue weighted by molar-refractivity contribution is -0.137. The van der Waals surface area contributed by atoms with Gasteiger partial charge in [-0.25, -0.2) is 4.98 Å². The molecule has 3 nitrogen and oxygen atoms in total. The lowest BCUT2D eigenvalue weighted by Gasteiger charge is -2.22. The lowest BCUT2D eigenvalue weighted by Crippen LogP contribution is -2.31. The van der Waals surface area contributed by atoms with Gasteiger partial charge in [0.2, 0.25) is 5.91 Å². The minimum absolute atomic E-state index is 0.0866. The summed E-state index contributed by atoms with van der Waals surface area (Å²) in [5.41, 5.74) is 0.119. The van der Waals surface area contributed by atoms with Gasteiger partial charge in [0.25, 0.3) is 0 Å². The molecule has 1 aromatic heterocycles. The number of rotatable bonds is 5. The second-order valence-electron chi connectivity index (χ2n) is 5.02. The largest absolute Gasteiger partial charge is 0.417 e. The molecule has 0 saturated heterocycles. The zero-order valence-electron chi connectivity index (χ0n) is 12.5. The molecule has 23 heavy (non-hydrogen) atoms. The van der Waals surface area contributed by atoms with E-state index in [1.54, 1.807) is 4.90 Å². The van der Waals surface area contributed by atoms with Gasteiger partial charge < -0.3 is 4.90 Å². The maximum atomic E-state index is 12.6. The molecular formula is C15H16ClF3N2OS. The Labute approximate surface area is 141 Å². The summed E-state index contributed by atoms with van der Waals surface area (Å²) in [6.45, 7) is 2.46. The third-order valence-corrected chi connectivity index (χ3v) is 4.84. The molecule has 0 saturated carbocycles. The van der Waals surface area contributed by atoms with Crippen LogP contribution in [0.1, 0.15) is 31.7 Å². The van der Waals surface area contributed by atoms with Crippen molar-refractivity contribution in [3.63, 3.8) is 0 Å². The van der Waals surface area contributed by atoms with Gasteiger partial charge in [-0.1, -0.05) is 29.4 Å². The average molecular weight is 365 g/mol. The summed E-state index contributed by atoms with van der Waals surface area (Å²) in [7, 11) is 0. The molecule has 1 aliphatic carbocycles. The number of pyridine rings is 1. The number of nitrogens with zero attached hydrogens (tertiary/aromatic N) is 2. The van der Waals surface area contributed by atoms with Gasteiger partial charge in [0.1, 0.15) is 5.03 Å². The number of carbonyl (C=O) groups excluding carboxylic acids is 1. The molecule has 0 spiro atoms. The lowest BCUT2D eigenvalue weighted by atomic mass is 10.3. The highest BCUT2D eigenvalue weighted by Crippen LogP contribution is 2.34. The molecule has 2 rings (SSSR count). The van der Waals surface area contributed by atoms with Crippen LogP contribution in [0, 0.1) is 0 Å². The molecule has 0 unspecified atom stereocenters. The van der Waals surface area contributed by atoms with Crippen LogP contribution in [0.25, 0.3) is 0 Å². The van der Waals surface area contributed by atoms with Gasteiger partial charge in [0.05, 0.1) is 16.3 Å². The van der Waals surface area contributed by atoms with Gasteiger partial charge in [0, 0.05) is 18.4 Å². The molecule has 0 aromatic carbocycles. The van der Waals surface area contributed by atoms with E-state index in [-0.39, 0.29) is 21.7 Å². The molecule has 8 heteroatoms. The SMILES string of the molecule is CCN(C(=O)CSc1ncc(C(F)(F)F)cc1Cl)C1=CCCC1. The van der Waals surface area contributed by atoms with Crippen LogP contribution in [0.3, 0.4) is 0 Å². The summed E-state index contributed by atoms with van der Waals surface area (Å²) in [6.07, 6.45) is 1.19. The number of amides is 1. The average Bonchev–Trinajstić information content (AvgIpc) is 2.99. The minimum Gasteiger partial charge on any atom is -0.316 e. The molecular weight excluding hydrogens is 349 g/mol. The number of aromatic nitrogens is 1. The Bertz CT molecular complexity index is 619. The highest BCUT2D eigenvalue weighted by Gasteiger charge is 2.31. The van der Waals surface area contributed by atoms with Crippen LogP contribution < -0.4 is 0 Å². The van der Waals surface area contributed by atoms with Gasteiger partial charge in [-0.2, -0.15) is 13.2 Å². The summed E-state index contributed by atoms with van der Waals surface area (Å²) >= 11 is 6.89. The molecule has 0 N–H and O–H groups in total. The van der Waals surface area contributed by atoms with Crippen LogP contribution in [-0.4, -0.2) is 28.1 Å². The molecule has 1 heterocycles. The van der Waals surface area contributed by atoms with E-state index in [1.165, 1.54) is 0 Å². The Morgan fingerprint density at radius 2 is 2.22 bits per heavy atom. The monoisotopic (exact) mass is 364 g/mol. The summed E-state index contributed by atoms with van der Waals surface area (Å²) in [6, 6.07) is 0.832. The zero-order chi connectivity index (χ0) is 17.0.